The molecule has 1 aliphatic rings. The van der Waals surface area contributed by atoms with Gasteiger partial charge in [0.2, 0.25) is 5.78 Å². The summed E-state index contributed by atoms with van der Waals surface area (Å²) in [6.07, 6.45) is -1.29. The molecule has 0 bridgehead atoms. The predicted octanol–water partition coefficient (Wildman–Crippen LogP) is 6.14. The second kappa shape index (κ2) is 10.5. The van der Waals surface area contributed by atoms with Crippen LogP contribution >= 0.6 is 11.6 Å². The predicted molar refractivity (Wildman–Crippen MR) is 146 cm³/mol. The van der Waals surface area contributed by atoms with Gasteiger partial charge in [0, 0.05) is 28.3 Å². The number of fused-ring (bicyclic) bond motifs is 1. The van der Waals surface area contributed by atoms with E-state index in [0.29, 0.717) is 21.7 Å². The van der Waals surface area contributed by atoms with Crippen LogP contribution in [0.1, 0.15) is 58.7 Å². The molecule has 0 saturated carbocycles. The Kier molecular flexibility index (Phi) is 6.98. The van der Waals surface area contributed by atoms with Crippen molar-refractivity contribution in [2.45, 2.75) is 13.0 Å². The lowest BCUT2D eigenvalue weighted by molar-refractivity contribution is -0.384. The highest BCUT2D eigenvalue weighted by Gasteiger charge is 2.38. The van der Waals surface area contributed by atoms with Crippen molar-refractivity contribution >= 4 is 46.5 Å². The average Bonchev–Trinajstić information content (AvgIpc) is 3.21. The largest absolute Gasteiger partial charge is 0.445 e. The lowest BCUT2D eigenvalue weighted by Crippen LogP contribution is -2.30. The molecule has 9 nitrogen and oxygen atoms in total. The van der Waals surface area contributed by atoms with Gasteiger partial charge >= 0.3 is 5.97 Å². The van der Waals surface area contributed by atoms with Crippen molar-refractivity contribution in [2.75, 3.05) is 4.90 Å². The highest BCUT2D eigenvalue weighted by Crippen LogP contribution is 2.33. The molecule has 1 heterocycles. The normalized spacial score (nSPS) is 13.1. The SMILES string of the molecule is Cc1cc([N+](=O)[O-])ccc1N1C(=O)c2ccc(C(=O)O[C@@H](C(=O)c3ccccc3)c3ccc(Cl)cc3)cc2C1=O. The van der Waals surface area contributed by atoms with E-state index in [9.17, 15) is 29.3 Å². The zero-order valence-corrected chi connectivity index (χ0v) is 21.6. The van der Waals surface area contributed by atoms with Gasteiger partial charge in [-0.05, 0) is 48.9 Å². The molecule has 4 aromatic carbocycles. The van der Waals surface area contributed by atoms with Gasteiger partial charge < -0.3 is 4.74 Å². The number of nitro groups is 1. The zero-order valence-electron chi connectivity index (χ0n) is 20.9. The number of hydrogen-bond acceptors (Lipinski definition) is 7. The van der Waals surface area contributed by atoms with Crippen molar-refractivity contribution in [2.24, 2.45) is 0 Å². The first-order valence-corrected chi connectivity index (χ1v) is 12.4. The summed E-state index contributed by atoms with van der Waals surface area (Å²) in [7, 11) is 0. The highest BCUT2D eigenvalue weighted by atomic mass is 35.5. The van der Waals surface area contributed by atoms with Crippen molar-refractivity contribution in [1.82, 2.24) is 0 Å². The monoisotopic (exact) mass is 554 g/mol. The number of ketones is 1. The van der Waals surface area contributed by atoms with Gasteiger partial charge in [0.05, 0.1) is 27.3 Å². The van der Waals surface area contributed by atoms with E-state index in [1.807, 2.05) is 0 Å². The van der Waals surface area contributed by atoms with Gasteiger partial charge in [0.15, 0.2) is 6.10 Å². The molecule has 1 aliphatic heterocycles. The average molecular weight is 555 g/mol. The van der Waals surface area contributed by atoms with Crippen LogP contribution in [0.5, 0.6) is 0 Å². The fourth-order valence-corrected chi connectivity index (χ4v) is 4.56. The molecule has 4 aromatic rings. The molecule has 198 valence electrons. The maximum absolute atomic E-state index is 13.3. The van der Waals surface area contributed by atoms with Gasteiger partial charge in [0.1, 0.15) is 0 Å². The van der Waals surface area contributed by atoms with E-state index in [-0.39, 0.29) is 28.1 Å². The number of ether oxygens (including phenoxy) is 1. The van der Waals surface area contributed by atoms with Crippen LogP contribution < -0.4 is 4.90 Å². The summed E-state index contributed by atoms with van der Waals surface area (Å²) in [4.78, 5) is 64.4. The number of non-ortho nitro benzene ring substituents is 1. The van der Waals surface area contributed by atoms with Crippen LogP contribution in [0.4, 0.5) is 11.4 Å². The number of hydrogen-bond donors (Lipinski definition) is 0. The zero-order chi connectivity index (χ0) is 28.6. The van der Waals surface area contributed by atoms with Gasteiger partial charge in [-0.25, -0.2) is 9.69 Å². The number of aryl methyl sites for hydroxylation is 1. The van der Waals surface area contributed by atoms with E-state index in [1.54, 1.807) is 61.5 Å². The third-order valence-corrected chi connectivity index (χ3v) is 6.70. The number of amides is 2. The maximum Gasteiger partial charge on any atom is 0.339 e. The summed E-state index contributed by atoms with van der Waals surface area (Å²) in [6, 6.07) is 22.4. The van der Waals surface area contributed by atoms with Gasteiger partial charge in [-0.2, -0.15) is 0 Å². The van der Waals surface area contributed by atoms with E-state index in [0.717, 1.165) is 4.90 Å². The van der Waals surface area contributed by atoms with Gasteiger partial charge in [0.25, 0.3) is 17.5 Å². The molecule has 40 heavy (non-hydrogen) atoms. The Hall–Kier alpha value is -5.15. The summed E-state index contributed by atoms with van der Waals surface area (Å²) in [5.74, 6) is -2.66. The molecule has 0 fully saturated rings. The quantitative estimate of drug-likeness (QED) is 0.0883. The Bertz CT molecular complexity index is 1700. The lowest BCUT2D eigenvalue weighted by atomic mass is 9.99. The standard InChI is InChI=1S/C30H19ClN2O7/c1-17-15-22(33(38)39)12-14-25(17)32-28(35)23-13-9-20(16-24(23)29(32)36)30(37)40-27(19-7-10-21(31)11-8-19)26(34)18-5-3-2-4-6-18/h2-16,27H,1H3/t27-/m1/s1. The van der Waals surface area contributed by atoms with E-state index >= 15 is 0 Å². The van der Waals surface area contributed by atoms with Crippen LogP contribution in [0.25, 0.3) is 0 Å². The maximum atomic E-state index is 13.3. The Balaban J connectivity index is 1.45. The van der Waals surface area contributed by atoms with Gasteiger partial charge in [-0.1, -0.05) is 54.1 Å². The van der Waals surface area contributed by atoms with E-state index in [4.69, 9.17) is 16.3 Å². The Morgan fingerprint density at radius 3 is 2.17 bits per heavy atom. The number of anilines is 1. The minimum atomic E-state index is -1.29. The number of halogens is 1. The number of carbonyl (C=O) groups is 4. The van der Waals surface area contributed by atoms with Crippen molar-refractivity contribution in [3.05, 3.63) is 140 Å². The molecule has 10 heteroatoms. The van der Waals surface area contributed by atoms with Gasteiger partial charge in [-0.3, -0.25) is 24.5 Å². The van der Waals surface area contributed by atoms with Crippen LogP contribution in [0.15, 0.2) is 91.0 Å². The summed E-state index contributed by atoms with van der Waals surface area (Å²) in [5.41, 5.74) is 1.09. The molecule has 0 unspecified atom stereocenters. The van der Waals surface area contributed by atoms with Crippen molar-refractivity contribution in [3.63, 3.8) is 0 Å². The molecule has 0 spiro atoms. The minimum absolute atomic E-state index is 0.0327. The highest BCUT2D eigenvalue weighted by molar-refractivity contribution is 6.35. The van der Waals surface area contributed by atoms with Crippen molar-refractivity contribution in [1.29, 1.82) is 0 Å². The molecule has 0 aromatic heterocycles. The molecule has 0 saturated heterocycles. The first-order chi connectivity index (χ1) is 19.2. The third-order valence-electron chi connectivity index (χ3n) is 6.45. The Labute approximate surface area is 232 Å². The first kappa shape index (κ1) is 26.5. The summed E-state index contributed by atoms with van der Waals surface area (Å²) in [6.45, 7) is 1.55. The number of nitro benzene ring substituents is 1. The minimum Gasteiger partial charge on any atom is -0.445 e. The molecule has 0 radical (unpaired) electrons. The molecule has 5 rings (SSSR count). The van der Waals surface area contributed by atoms with E-state index in [2.05, 4.69) is 0 Å². The fourth-order valence-electron chi connectivity index (χ4n) is 4.43. The number of carbonyl (C=O) groups excluding carboxylic acids is 4. The Morgan fingerprint density at radius 2 is 1.52 bits per heavy atom. The van der Waals surface area contributed by atoms with E-state index < -0.39 is 34.6 Å². The number of Topliss-reactive ketones (excluding diaryl/α,β-unsaturated/α-hetero) is 1. The summed E-state index contributed by atoms with van der Waals surface area (Å²) >= 11 is 6.00. The topological polar surface area (TPSA) is 124 Å². The van der Waals surface area contributed by atoms with E-state index in [1.165, 1.54) is 36.4 Å². The molecule has 0 aliphatic carbocycles. The lowest BCUT2D eigenvalue weighted by Gasteiger charge is -2.18. The number of benzene rings is 4. The third kappa shape index (κ3) is 4.85. The van der Waals surface area contributed by atoms with Crippen molar-refractivity contribution < 1.29 is 28.8 Å². The molecular formula is C30H19ClN2O7. The fraction of sp³-hybridized carbons (Fsp3) is 0.0667. The van der Waals surface area contributed by atoms with Crippen molar-refractivity contribution in [3.8, 4) is 0 Å². The smallest absolute Gasteiger partial charge is 0.339 e. The number of nitrogens with zero attached hydrogens (tertiary/aromatic N) is 2. The molecule has 1 atom stereocenters. The molecule has 0 N–H and O–H groups in total. The Morgan fingerprint density at radius 1 is 0.850 bits per heavy atom. The second-order valence-corrected chi connectivity index (χ2v) is 9.44. The van der Waals surface area contributed by atoms with Crippen LogP contribution in [0.3, 0.4) is 0 Å². The number of rotatable bonds is 7. The van der Waals surface area contributed by atoms with Crippen LogP contribution in [0.2, 0.25) is 5.02 Å². The van der Waals surface area contributed by atoms with Gasteiger partial charge in [-0.15, -0.1) is 0 Å². The number of imide groups is 1. The van der Waals surface area contributed by atoms with Crippen LogP contribution in [0, 0.1) is 17.0 Å². The molecule has 2 amide bonds. The molecular weight excluding hydrogens is 536 g/mol. The number of esters is 1. The summed E-state index contributed by atoms with van der Waals surface area (Å²) in [5, 5.41) is 11.5. The van der Waals surface area contributed by atoms with Crippen LogP contribution in [-0.2, 0) is 4.74 Å². The van der Waals surface area contributed by atoms with Crippen LogP contribution in [-0.4, -0.2) is 28.5 Å². The summed E-state index contributed by atoms with van der Waals surface area (Å²) < 4.78 is 5.66. The second-order valence-electron chi connectivity index (χ2n) is 9.00. The first-order valence-electron chi connectivity index (χ1n) is 12.0.